The summed E-state index contributed by atoms with van der Waals surface area (Å²) in [5.74, 6) is -0.797. The fraction of sp³-hybridized carbons (Fsp3) is 0.375. The molecule has 1 aromatic carbocycles. The van der Waals surface area contributed by atoms with Crippen molar-refractivity contribution >= 4 is 22.7 Å². The number of aromatic nitrogens is 1. The molecule has 2 N–H and O–H groups in total. The molecule has 0 radical (unpaired) electrons. The van der Waals surface area contributed by atoms with E-state index in [1.165, 1.54) is 0 Å². The third-order valence-electron chi connectivity index (χ3n) is 3.63. The van der Waals surface area contributed by atoms with Gasteiger partial charge in [-0.2, -0.15) is 0 Å². The fourth-order valence-corrected chi connectivity index (χ4v) is 2.57. The maximum absolute atomic E-state index is 11.4. The molecule has 0 aliphatic carbocycles. The molecule has 0 amide bonds. The molecule has 0 spiro atoms. The smallest absolute Gasteiger partial charge is 0.352 e. The van der Waals surface area contributed by atoms with Crippen LogP contribution < -0.4 is 0 Å². The summed E-state index contributed by atoms with van der Waals surface area (Å²) in [7, 11) is 0. The summed E-state index contributed by atoms with van der Waals surface area (Å²) in [6, 6.07) is 5.85. The molecule has 0 aliphatic rings. The van der Waals surface area contributed by atoms with Crippen LogP contribution in [0.2, 0.25) is 0 Å². The summed E-state index contributed by atoms with van der Waals surface area (Å²) in [6.07, 6.45) is 1.13. The average molecular weight is 273 g/mol. The Morgan fingerprint density at radius 1 is 1.35 bits per heavy atom. The molecule has 2 aromatic rings. The Labute approximate surface area is 117 Å². The number of Topliss-reactive ketones (excluding diaryl/α,β-unsaturated/α-hetero) is 1. The molecule has 4 nitrogen and oxygen atoms in total. The lowest BCUT2D eigenvalue weighted by molar-refractivity contribution is -0.117. The van der Waals surface area contributed by atoms with Crippen molar-refractivity contribution in [3.05, 3.63) is 35.0 Å². The topological polar surface area (TPSA) is 70.2 Å². The molecule has 106 valence electrons. The molecule has 0 saturated heterocycles. The number of H-pyrrole nitrogens is 1. The van der Waals surface area contributed by atoms with E-state index < -0.39 is 5.97 Å². The lowest BCUT2D eigenvalue weighted by atomic mass is 9.92. The Balaban J connectivity index is 2.52. The van der Waals surface area contributed by atoms with Crippen LogP contribution in [0.4, 0.5) is 0 Å². The number of rotatable bonds is 5. The molecular weight excluding hydrogens is 254 g/mol. The van der Waals surface area contributed by atoms with E-state index >= 15 is 0 Å². The van der Waals surface area contributed by atoms with Crippen LogP contribution in [-0.4, -0.2) is 21.8 Å². The number of aromatic amines is 1. The predicted molar refractivity (Wildman–Crippen MR) is 78.3 cm³/mol. The normalized spacial score (nSPS) is 12.6. The molecular formula is C16H19NO3. The van der Waals surface area contributed by atoms with E-state index in [2.05, 4.69) is 4.98 Å². The number of hydrogen-bond donors (Lipinski definition) is 2. The average Bonchev–Trinajstić information content (AvgIpc) is 2.74. The number of hydrogen-bond acceptors (Lipinski definition) is 2. The first-order valence-electron chi connectivity index (χ1n) is 6.75. The highest BCUT2D eigenvalue weighted by Crippen LogP contribution is 2.32. The van der Waals surface area contributed by atoms with Crippen molar-refractivity contribution in [3.8, 4) is 0 Å². The molecule has 0 saturated carbocycles. The molecule has 0 aliphatic heterocycles. The summed E-state index contributed by atoms with van der Waals surface area (Å²) in [4.78, 5) is 25.5. The van der Waals surface area contributed by atoms with E-state index in [0.29, 0.717) is 12.8 Å². The summed E-state index contributed by atoms with van der Waals surface area (Å²) < 4.78 is 0. The van der Waals surface area contributed by atoms with Crippen molar-refractivity contribution < 1.29 is 14.7 Å². The third-order valence-corrected chi connectivity index (χ3v) is 3.63. The van der Waals surface area contributed by atoms with Crippen LogP contribution in [0.25, 0.3) is 10.9 Å². The lowest BCUT2D eigenvalue weighted by Crippen LogP contribution is -2.05. The van der Waals surface area contributed by atoms with Gasteiger partial charge in [0.2, 0.25) is 0 Å². The van der Waals surface area contributed by atoms with Gasteiger partial charge in [-0.25, -0.2) is 4.79 Å². The molecule has 4 heteroatoms. The highest BCUT2D eigenvalue weighted by Gasteiger charge is 2.21. The van der Waals surface area contributed by atoms with E-state index in [4.69, 9.17) is 0 Å². The van der Waals surface area contributed by atoms with Crippen molar-refractivity contribution in [1.82, 2.24) is 4.98 Å². The summed E-state index contributed by atoms with van der Waals surface area (Å²) in [5, 5.41) is 10.3. The van der Waals surface area contributed by atoms with Gasteiger partial charge < -0.3 is 14.9 Å². The molecule has 1 heterocycles. The van der Waals surface area contributed by atoms with Crippen molar-refractivity contribution in [2.75, 3.05) is 0 Å². The standard InChI is InChI=1S/C16H19NO3/c1-9-4-7-13-12(8-9)14(15(17-13)16(19)20)10(2)5-6-11(3)18/h4,7-8,10,17H,5-6H2,1-3H3,(H,19,20). The number of fused-ring (bicyclic) bond motifs is 1. The summed E-state index contributed by atoms with van der Waals surface area (Å²) in [6.45, 7) is 5.52. The molecule has 1 unspecified atom stereocenters. The van der Waals surface area contributed by atoms with Crippen molar-refractivity contribution in [3.63, 3.8) is 0 Å². The van der Waals surface area contributed by atoms with Crippen LogP contribution in [-0.2, 0) is 4.79 Å². The maximum atomic E-state index is 11.4. The second kappa shape index (κ2) is 5.49. The first-order chi connectivity index (χ1) is 9.40. The number of carboxylic acids is 1. The molecule has 1 atom stereocenters. The molecule has 0 bridgehead atoms. The second-order valence-electron chi connectivity index (χ2n) is 5.41. The number of aryl methyl sites for hydroxylation is 1. The maximum Gasteiger partial charge on any atom is 0.352 e. The van der Waals surface area contributed by atoms with Crippen molar-refractivity contribution in [1.29, 1.82) is 0 Å². The van der Waals surface area contributed by atoms with Gasteiger partial charge >= 0.3 is 5.97 Å². The molecule has 2 rings (SSSR count). The monoisotopic (exact) mass is 273 g/mol. The first-order valence-corrected chi connectivity index (χ1v) is 6.75. The number of carboxylic acid groups (broad SMARTS) is 1. The Kier molecular flexibility index (Phi) is 3.93. The van der Waals surface area contributed by atoms with Gasteiger partial charge in [0.1, 0.15) is 11.5 Å². The Hall–Kier alpha value is -2.10. The lowest BCUT2D eigenvalue weighted by Gasteiger charge is -2.11. The molecule has 20 heavy (non-hydrogen) atoms. The van der Waals surface area contributed by atoms with Crippen LogP contribution >= 0.6 is 0 Å². The van der Waals surface area contributed by atoms with Crippen LogP contribution in [0.5, 0.6) is 0 Å². The van der Waals surface area contributed by atoms with E-state index in [-0.39, 0.29) is 17.4 Å². The largest absolute Gasteiger partial charge is 0.477 e. The van der Waals surface area contributed by atoms with E-state index in [1.807, 2.05) is 32.0 Å². The van der Waals surface area contributed by atoms with Gasteiger partial charge in [-0.3, -0.25) is 0 Å². The SMILES string of the molecule is CC(=O)CCC(C)c1c(C(=O)O)[nH]c2ccc(C)cc12. The number of benzene rings is 1. The molecule has 1 aromatic heterocycles. The van der Waals surface area contributed by atoms with Crippen LogP contribution in [0, 0.1) is 6.92 Å². The molecule has 0 fully saturated rings. The van der Waals surface area contributed by atoms with Crippen molar-refractivity contribution in [2.45, 2.75) is 39.5 Å². The highest BCUT2D eigenvalue weighted by molar-refractivity contribution is 5.98. The minimum Gasteiger partial charge on any atom is -0.477 e. The fourth-order valence-electron chi connectivity index (χ4n) is 2.57. The number of aromatic carboxylic acids is 1. The zero-order chi connectivity index (χ0) is 14.9. The van der Waals surface area contributed by atoms with Gasteiger partial charge in [0, 0.05) is 17.3 Å². The summed E-state index contributed by atoms with van der Waals surface area (Å²) >= 11 is 0. The van der Waals surface area contributed by atoms with Gasteiger partial charge in [-0.15, -0.1) is 0 Å². The first kappa shape index (κ1) is 14.3. The van der Waals surface area contributed by atoms with Gasteiger partial charge in [-0.1, -0.05) is 18.6 Å². The quantitative estimate of drug-likeness (QED) is 0.873. The second-order valence-corrected chi connectivity index (χ2v) is 5.41. The van der Waals surface area contributed by atoms with Gasteiger partial charge in [0.15, 0.2) is 0 Å². The van der Waals surface area contributed by atoms with Crippen LogP contribution in [0.1, 0.15) is 54.2 Å². The van der Waals surface area contributed by atoms with E-state index in [9.17, 15) is 14.7 Å². The number of ketones is 1. The Morgan fingerprint density at radius 3 is 2.65 bits per heavy atom. The predicted octanol–water partition coefficient (Wildman–Crippen LogP) is 3.65. The van der Waals surface area contributed by atoms with Gasteiger partial charge in [-0.05, 0) is 43.9 Å². The van der Waals surface area contributed by atoms with Crippen molar-refractivity contribution in [2.24, 2.45) is 0 Å². The van der Waals surface area contributed by atoms with Gasteiger partial charge in [0.25, 0.3) is 0 Å². The highest BCUT2D eigenvalue weighted by atomic mass is 16.4. The minimum absolute atomic E-state index is 0.0283. The zero-order valence-corrected chi connectivity index (χ0v) is 12.0. The Bertz CT molecular complexity index is 670. The van der Waals surface area contributed by atoms with Gasteiger partial charge in [0.05, 0.1) is 0 Å². The summed E-state index contributed by atoms with van der Waals surface area (Å²) in [5.41, 5.74) is 2.96. The number of nitrogens with one attached hydrogen (secondary N) is 1. The van der Waals surface area contributed by atoms with E-state index in [1.54, 1.807) is 6.92 Å². The third kappa shape index (κ3) is 2.74. The van der Waals surface area contributed by atoms with Crippen LogP contribution in [0.3, 0.4) is 0 Å². The van der Waals surface area contributed by atoms with Crippen LogP contribution in [0.15, 0.2) is 18.2 Å². The Morgan fingerprint density at radius 2 is 2.05 bits per heavy atom. The minimum atomic E-state index is -0.955. The van der Waals surface area contributed by atoms with E-state index in [0.717, 1.165) is 22.0 Å². The zero-order valence-electron chi connectivity index (χ0n) is 12.0. The number of carbonyl (C=O) groups excluding carboxylic acids is 1. The number of carbonyl (C=O) groups is 2.